The van der Waals surface area contributed by atoms with E-state index in [2.05, 4.69) is 20.9 Å². The van der Waals surface area contributed by atoms with E-state index in [1.54, 1.807) is 12.4 Å². The second kappa shape index (κ2) is 5.31. The molecule has 1 aliphatic carbocycles. The maximum atomic E-state index is 6.28. The molecule has 4 heteroatoms. The van der Waals surface area contributed by atoms with E-state index in [9.17, 15) is 0 Å². The first-order valence-corrected chi connectivity index (χ1v) is 7.14. The van der Waals surface area contributed by atoms with E-state index in [1.807, 2.05) is 30.3 Å². The predicted octanol–water partition coefficient (Wildman–Crippen LogP) is 3.43. The molecule has 0 bridgehead atoms. The molecule has 1 saturated carbocycles. The van der Waals surface area contributed by atoms with Crippen molar-refractivity contribution in [2.45, 2.75) is 25.0 Å². The third-order valence-corrected chi connectivity index (χ3v) is 3.56. The Morgan fingerprint density at radius 1 is 1.21 bits per heavy atom. The summed E-state index contributed by atoms with van der Waals surface area (Å²) in [6.45, 7) is 0. The Bertz CT molecular complexity index is 584. The minimum Gasteiger partial charge on any atom is -0.490 e. The fourth-order valence-corrected chi connectivity index (χ4v) is 2.33. The van der Waals surface area contributed by atoms with Crippen LogP contribution in [-0.4, -0.2) is 11.1 Å². The Kier molecular flexibility index (Phi) is 3.53. The molecule has 1 aromatic heterocycles. The molecule has 1 unspecified atom stereocenters. The summed E-state index contributed by atoms with van der Waals surface area (Å²) in [6, 6.07) is 9.81. The molecule has 2 N–H and O–H groups in total. The first kappa shape index (κ1) is 12.6. The summed E-state index contributed by atoms with van der Waals surface area (Å²) in [5.41, 5.74) is 8.31. The van der Waals surface area contributed by atoms with Gasteiger partial charge in [-0.2, -0.15) is 0 Å². The van der Waals surface area contributed by atoms with Gasteiger partial charge in [-0.1, -0.05) is 12.1 Å². The van der Waals surface area contributed by atoms with E-state index in [1.165, 1.54) is 0 Å². The lowest BCUT2D eigenvalue weighted by atomic mass is 10.0. The van der Waals surface area contributed by atoms with Crippen molar-refractivity contribution in [1.82, 2.24) is 4.98 Å². The number of halogens is 1. The lowest BCUT2D eigenvalue weighted by Crippen LogP contribution is -2.12. The molecular formula is C15H15BrN2O. The van der Waals surface area contributed by atoms with Crippen molar-refractivity contribution in [3.8, 4) is 5.75 Å². The third-order valence-electron chi connectivity index (χ3n) is 3.13. The van der Waals surface area contributed by atoms with Gasteiger partial charge in [0.2, 0.25) is 0 Å². The minimum atomic E-state index is -0.187. The highest BCUT2D eigenvalue weighted by molar-refractivity contribution is 9.10. The van der Waals surface area contributed by atoms with E-state index in [-0.39, 0.29) is 6.04 Å². The van der Waals surface area contributed by atoms with Crippen LogP contribution < -0.4 is 10.5 Å². The maximum Gasteiger partial charge on any atom is 0.120 e. The third kappa shape index (κ3) is 3.14. The quantitative estimate of drug-likeness (QED) is 0.939. The average Bonchev–Trinajstić information content (AvgIpc) is 3.22. The van der Waals surface area contributed by atoms with Crippen molar-refractivity contribution in [2.24, 2.45) is 5.73 Å². The molecule has 2 aromatic rings. The molecule has 1 aromatic carbocycles. The van der Waals surface area contributed by atoms with Crippen molar-refractivity contribution in [3.05, 3.63) is 58.3 Å². The van der Waals surface area contributed by atoms with Crippen molar-refractivity contribution < 1.29 is 4.74 Å². The highest BCUT2D eigenvalue weighted by Gasteiger charge is 2.23. The van der Waals surface area contributed by atoms with Crippen molar-refractivity contribution in [2.75, 3.05) is 0 Å². The zero-order valence-corrected chi connectivity index (χ0v) is 12.0. The molecule has 0 amide bonds. The van der Waals surface area contributed by atoms with Gasteiger partial charge in [0.15, 0.2) is 0 Å². The topological polar surface area (TPSA) is 48.1 Å². The van der Waals surface area contributed by atoms with E-state index in [4.69, 9.17) is 10.5 Å². The SMILES string of the molecule is NC(c1cncc(Br)c1)c1cccc(OC2CC2)c1. The zero-order chi connectivity index (χ0) is 13.2. The van der Waals surface area contributed by atoms with Crippen LogP contribution in [0.25, 0.3) is 0 Å². The highest BCUT2D eigenvalue weighted by Crippen LogP contribution is 2.29. The summed E-state index contributed by atoms with van der Waals surface area (Å²) in [4.78, 5) is 4.15. The van der Waals surface area contributed by atoms with Gasteiger partial charge in [0.25, 0.3) is 0 Å². The number of hydrogen-bond acceptors (Lipinski definition) is 3. The van der Waals surface area contributed by atoms with Crippen LogP contribution in [0.15, 0.2) is 47.2 Å². The first-order chi connectivity index (χ1) is 9.22. The molecule has 1 atom stereocenters. The zero-order valence-electron chi connectivity index (χ0n) is 10.4. The van der Waals surface area contributed by atoms with Gasteiger partial charge in [-0.25, -0.2) is 0 Å². The number of ether oxygens (including phenoxy) is 1. The van der Waals surface area contributed by atoms with Crippen LogP contribution in [0.4, 0.5) is 0 Å². The summed E-state index contributed by atoms with van der Waals surface area (Å²) in [6.07, 6.45) is 6.27. The molecule has 0 radical (unpaired) electrons. The van der Waals surface area contributed by atoms with Crippen LogP contribution in [-0.2, 0) is 0 Å². The van der Waals surface area contributed by atoms with Crippen LogP contribution in [0.1, 0.15) is 30.0 Å². The van der Waals surface area contributed by atoms with Gasteiger partial charge in [0.05, 0.1) is 12.1 Å². The van der Waals surface area contributed by atoms with Crippen LogP contribution in [0.3, 0.4) is 0 Å². The predicted molar refractivity (Wildman–Crippen MR) is 78.1 cm³/mol. The fourth-order valence-electron chi connectivity index (χ4n) is 1.95. The molecule has 19 heavy (non-hydrogen) atoms. The largest absolute Gasteiger partial charge is 0.490 e. The Labute approximate surface area is 120 Å². The fraction of sp³-hybridized carbons (Fsp3) is 0.267. The van der Waals surface area contributed by atoms with Crippen LogP contribution in [0.2, 0.25) is 0 Å². The molecule has 3 nitrogen and oxygen atoms in total. The standard InChI is InChI=1S/C15H15BrN2O/c16-12-6-11(8-18-9-12)15(17)10-2-1-3-14(7-10)19-13-4-5-13/h1-3,6-9,13,15H,4-5,17H2. The van der Waals surface area contributed by atoms with Crippen LogP contribution in [0.5, 0.6) is 5.75 Å². The van der Waals surface area contributed by atoms with Crippen molar-refractivity contribution in [3.63, 3.8) is 0 Å². The molecule has 98 valence electrons. The lowest BCUT2D eigenvalue weighted by Gasteiger charge is -2.14. The Balaban J connectivity index is 1.83. The van der Waals surface area contributed by atoms with E-state index < -0.39 is 0 Å². The summed E-state index contributed by atoms with van der Waals surface area (Å²) >= 11 is 3.42. The van der Waals surface area contributed by atoms with Crippen LogP contribution >= 0.6 is 15.9 Å². The number of hydrogen-bond donors (Lipinski definition) is 1. The smallest absolute Gasteiger partial charge is 0.120 e. The molecule has 1 fully saturated rings. The number of aromatic nitrogens is 1. The van der Waals surface area contributed by atoms with Gasteiger partial charge in [-0.3, -0.25) is 4.98 Å². The number of nitrogens with zero attached hydrogens (tertiary/aromatic N) is 1. The van der Waals surface area contributed by atoms with Gasteiger partial charge >= 0.3 is 0 Å². The van der Waals surface area contributed by atoms with E-state index >= 15 is 0 Å². The van der Waals surface area contributed by atoms with Crippen molar-refractivity contribution >= 4 is 15.9 Å². The van der Waals surface area contributed by atoms with E-state index in [0.717, 1.165) is 34.2 Å². The number of pyridine rings is 1. The van der Waals surface area contributed by atoms with Crippen LogP contribution in [0, 0.1) is 0 Å². The Hall–Kier alpha value is -1.39. The molecular weight excluding hydrogens is 304 g/mol. The van der Waals surface area contributed by atoms with Gasteiger partial charge in [-0.05, 0) is 58.1 Å². The van der Waals surface area contributed by atoms with E-state index in [0.29, 0.717) is 6.10 Å². The second-order valence-corrected chi connectivity index (χ2v) is 5.72. The average molecular weight is 319 g/mol. The molecule has 0 spiro atoms. The maximum absolute atomic E-state index is 6.28. The molecule has 3 rings (SSSR count). The summed E-state index contributed by atoms with van der Waals surface area (Å²) in [5.74, 6) is 0.901. The number of benzene rings is 1. The Morgan fingerprint density at radius 2 is 2.05 bits per heavy atom. The van der Waals surface area contributed by atoms with Gasteiger partial charge in [0, 0.05) is 16.9 Å². The first-order valence-electron chi connectivity index (χ1n) is 6.35. The molecule has 1 aliphatic rings. The number of nitrogens with two attached hydrogens (primary N) is 1. The van der Waals surface area contributed by atoms with Crippen molar-refractivity contribution in [1.29, 1.82) is 0 Å². The minimum absolute atomic E-state index is 0.187. The summed E-state index contributed by atoms with van der Waals surface area (Å²) < 4.78 is 6.73. The molecule has 0 aliphatic heterocycles. The summed E-state index contributed by atoms with van der Waals surface area (Å²) in [5, 5.41) is 0. The lowest BCUT2D eigenvalue weighted by molar-refractivity contribution is 0.303. The molecule has 1 heterocycles. The Morgan fingerprint density at radius 3 is 2.79 bits per heavy atom. The monoisotopic (exact) mass is 318 g/mol. The highest BCUT2D eigenvalue weighted by atomic mass is 79.9. The second-order valence-electron chi connectivity index (χ2n) is 4.80. The van der Waals surface area contributed by atoms with Gasteiger partial charge in [-0.15, -0.1) is 0 Å². The molecule has 0 saturated heterocycles. The normalized spacial score (nSPS) is 16.1. The number of rotatable bonds is 4. The van der Waals surface area contributed by atoms with Gasteiger partial charge in [0.1, 0.15) is 5.75 Å². The summed E-state index contributed by atoms with van der Waals surface area (Å²) in [7, 11) is 0. The van der Waals surface area contributed by atoms with Gasteiger partial charge < -0.3 is 10.5 Å².